The van der Waals surface area contributed by atoms with Crippen molar-refractivity contribution in [1.29, 1.82) is 0 Å². The van der Waals surface area contributed by atoms with Gasteiger partial charge < -0.3 is 14.5 Å². The summed E-state index contributed by atoms with van der Waals surface area (Å²) < 4.78 is 45.2. The molecule has 0 spiro atoms. The van der Waals surface area contributed by atoms with Gasteiger partial charge in [0.1, 0.15) is 5.76 Å². The number of benzene rings is 1. The van der Waals surface area contributed by atoms with E-state index in [1.54, 1.807) is 12.3 Å². The molecular formula is C29H38F3N3O2S. The molecule has 3 heterocycles. The average Bonchev–Trinajstić information content (AvgIpc) is 3.04. The van der Waals surface area contributed by atoms with Gasteiger partial charge in [0, 0.05) is 42.5 Å². The first kappa shape index (κ1) is 28.7. The number of halogens is 3. The Morgan fingerprint density at radius 2 is 1.79 bits per heavy atom. The second kappa shape index (κ2) is 13.2. The lowest BCUT2D eigenvalue weighted by molar-refractivity contribution is -0.137. The van der Waals surface area contributed by atoms with E-state index >= 15 is 0 Å². The van der Waals surface area contributed by atoms with E-state index in [2.05, 4.69) is 14.8 Å². The van der Waals surface area contributed by atoms with Crippen molar-refractivity contribution in [3.63, 3.8) is 0 Å². The molecule has 1 fully saturated rings. The van der Waals surface area contributed by atoms with E-state index in [9.17, 15) is 18.0 Å². The van der Waals surface area contributed by atoms with E-state index < -0.39 is 11.7 Å². The highest BCUT2D eigenvalue weighted by molar-refractivity contribution is 8.15. The minimum absolute atomic E-state index is 0.137. The largest absolute Gasteiger partial charge is 0.496 e. The molecule has 2 aliphatic heterocycles. The third-order valence-corrected chi connectivity index (χ3v) is 8.52. The smallest absolute Gasteiger partial charge is 0.416 e. The van der Waals surface area contributed by atoms with Crippen LogP contribution in [0.1, 0.15) is 64.4 Å². The minimum Gasteiger partial charge on any atom is -0.496 e. The van der Waals surface area contributed by atoms with Crippen molar-refractivity contribution in [3.05, 3.63) is 47.4 Å². The van der Waals surface area contributed by atoms with Crippen molar-refractivity contribution in [2.75, 3.05) is 44.2 Å². The molecule has 5 nitrogen and oxygen atoms in total. The minimum atomic E-state index is -4.36. The van der Waals surface area contributed by atoms with Gasteiger partial charge in [-0.15, -0.1) is 0 Å². The molecule has 1 aromatic heterocycles. The van der Waals surface area contributed by atoms with Crippen molar-refractivity contribution in [2.45, 2.75) is 70.2 Å². The van der Waals surface area contributed by atoms with Gasteiger partial charge in [0.05, 0.1) is 22.9 Å². The maximum atomic E-state index is 13.1. The van der Waals surface area contributed by atoms with Gasteiger partial charge in [0.15, 0.2) is 0 Å². The van der Waals surface area contributed by atoms with E-state index in [0.717, 1.165) is 86.5 Å². The van der Waals surface area contributed by atoms with Crippen LogP contribution < -0.4 is 4.90 Å². The van der Waals surface area contributed by atoms with Crippen molar-refractivity contribution >= 4 is 33.5 Å². The zero-order valence-corrected chi connectivity index (χ0v) is 23.2. The number of rotatable bonds is 11. The fraction of sp³-hybridized carbons (Fsp3) is 0.586. The van der Waals surface area contributed by atoms with Crippen LogP contribution >= 0.6 is 11.8 Å². The molecular weight excluding hydrogens is 511 g/mol. The summed E-state index contributed by atoms with van der Waals surface area (Å²) in [5, 5.41) is 1.05. The predicted octanol–water partition coefficient (Wildman–Crippen LogP) is 7.06. The molecule has 0 radical (unpaired) electrons. The number of hydrogen-bond donors (Lipinski definition) is 0. The molecule has 2 aromatic rings. The lowest BCUT2D eigenvalue weighted by Crippen LogP contribution is -2.31. The molecule has 38 heavy (non-hydrogen) atoms. The summed E-state index contributed by atoms with van der Waals surface area (Å²) in [4.78, 5) is 20.7. The maximum absolute atomic E-state index is 13.1. The standard InChI is InChI=1S/C29H38F3N3O2S/c1-21-27(22(2)38-28(21)36)37-19-8-6-4-3-5-7-14-34-15-9-16-35(18-17-34)26-12-13-33-25-20-23(29(30,31)32)10-11-24(25)26/h10-13,20,22H,3-9,14-19H2,1-2H3. The molecule has 0 amide bonds. The summed E-state index contributed by atoms with van der Waals surface area (Å²) in [7, 11) is 0. The predicted molar refractivity (Wildman–Crippen MR) is 148 cm³/mol. The second-order valence-corrected chi connectivity index (χ2v) is 11.6. The van der Waals surface area contributed by atoms with Crippen LogP contribution in [-0.4, -0.2) is 59.6 Å². The lowest BCUT2D eigenvalue weighted by Gasteiger charge is -2.25. The van der Waals surface area contributed by atoms with Crippen LogP contribution in [0.5, 0.6) is 0 Å². The van der Waals surface area contributed by atoms with E-state index in [1.807, 2.05) is 19.9 Å². The van der Waals surface area contributed by atoms with Crippen LogP contribution in [0.25, 0.3) is 10.9 Å². The topological polar surface area (TPSA) is 45.7 Å². The van der Waals surface area contributed by atoms with Crippen molar-refractivity contribution < 1.29 is 22.7 Å². The number of ether oxygens (including phenoxy) is 1. The summed E-state index contributed by atoms with van der Waals surface area (Å²) >= 11 is 1.35. The summed E-state index contributed by atoms with van der Waals surface area (Å²) in [5.74, 6) is 0.865. The van der Waals surface area contributed by atoms with Crippen LogP contribution in [0.15, 0.2) is 41.8 Å². The number of thioether (sulfide) groups is 1. The highest BCUT2D eigenvalue weighted by atomic mass is 32.2. The Balaban J connectivity index is 1.14. The second-order valence-electron chi connectivity index (χ2n) is 10.2. The monoisotopic (exact) mass is 549 g/mol. The van der Waals surface area contributed by atoms with Gasteiger partial charge in [0.2, 0.25) is 5.12 Å². The van der Waals surface area contributed by atoms with Gasteiger partial charge in [0.25, 0.3) is 0 Å². The Morgan fingerprint density at radius 3 is 2.53 bits per heavy atom. The van der Waals surface area contributed by atoms with Crippen molar-refractivity contribution in [1.82, 2.24) is 9.88 Å². The molecule has 1 saturated heterocycles. The van der Waals surface area contributed by atoms with E-state index in [-0.39, 0.29) is 10.4 Å². The van der Waals surface area contributed by atoms with Crippen LogP contribution in [0, 0.1) is 0 Å². The third-order valence-electron chi connectivity index (χ3n) is 7.43. The normalized spacial score (nSPS) is 19.4. The van der Waals surface area contributed by atoms with Crippen molar-refractivity contribution in [2.24, 2.45) is 0 Å². The van der Waals surface area contributed by atoms with Crippen LogP contribution in [-0.2, 0) is 15.7 Å². The van der Waals surface area contributed by atoms with Crippen LogP contribution in [0.3, 0.4) is 0 Å². The number of carbonyl (C=O) groups is 1. The Hall–Kier alpha value is -2.26. The Kier molecular flexibility index (Phi) is 9.98. The molecule has 9 heteroatoms. The Morgan fingerprint density at radius 1 is 1.03 bits per heavy atom. The number of unbranched alkanes of at least 4 members (excludes halogenated alkanes) is 5. The lowest BCUT2D eigenvalue weighted by atomic mass is 10.1. The molecule has 0 N–H and O–H groups in total. The fourth-order valence-electron chi connectivity index (χ4n) is 5.28. The number of pyridine rings is 1. The molecule has 2 aliphatic rings. The molecule has 0 saturated carbocycles. The first-order valence-corrected chi connectivity index (χ1v) is 14.6. The van der Waals surface area contributed by atoms with Gasteiger partial charge in [-0.2, -0.15) is 13.2 Å². The Bertz CT molecular complexity index is 1140. The fourth-order valence-corrected chi connectivity index (χ4v) is 6.23. The molecule has 0 aliphatic carbocycles. The van der Waals surface area contributed by atoms with Crippen molar-refractivity contribution in [3.8, 4) is 0 Å². The molecule has 4 rings (SSSR count). The molecule has 1 aromatic carbocycles. The van der Waals surface area contributed by atoms with E-state index in [0.29, 0.717) is 12.1 Å². The van der Waals surface area contributed by atoms with Gasteiger partial charge in [-0.25, -0.2) is 0 Å². The number of fused-ring (bicyclic) bond motifs is 1. The number of alkyl halides is 3. The quantitative estimate of drug-likeness (QED) is 0.280. The molecule has 0 bridgehead atoms. The summed E-state index contributed by atoms with van der Waals surface area (Å²) in [6.07, 6.45) is 5.25. The van der Waals surface area contributed by atoms with Crippen LogP contribution in [0.2, 0.25) is 0 Å². The maximum Gasteiger partial charge on any atom is 0.416 e. The average molecular weight is 550 g/mol. The molecule has 1 unspecified atom stereocenters. The van der Waals surface area contributed by atoms with Gasteiger partial charge in [-0.05, 0) is 64.4 Å². The number of nitrogens with zero attached hydrogens (tertiary/aromatic N) is 3. The number of hydrogen-bond acceptors (Lipinski definition) is 6. The Labute approximate surface area is 227 Å². The zero-order valence-electron chi connectivity index (χ0n) is 22.4. The summed E-state index contributed by atoms with van der Waals surface area (Å²) in [6.45, 7) is 9.39. The highest BCUT2D eigenvalue weighted by Gasteiger charge is 2.31. The van der Waals surface area contributed by atoms with Crippen LogP contribution in [0.4, 0.5) is 18.9 Å². The van der Waals surface area contributed by atoms with Gasteiger partial charge in [-0.3, -0.25) is 9.78 Å². The van der Waals surface area contributed by atoms with Gasteiger partial charge in [-0.1, -0.05) is 43.5 Å². The first-order valence-electron chi connectivity index (χ1n) is 13.7. The molecule has 208 valence electrons. The summed E-state index contributed by atoms with van der Waals surface area (Å²) in [5.41, 5.74) is 1.47. The number of carbonyl (C=O) groups excluding carboxylic acids is 1. The highest BCUT2D eigenvalue weighted by Crippen LogP contribution is 2.35. The SMILES string of the molecule is CC1=C(OCCCCCCCCN2CCCN(c3ccnc4cc(C(F)(F)F)ccc34)CC2)C(C)SC1=O. The molecule has 1 atom stereocenters. The first-order chi connectivity index (χ1) is 18.2. The number of aromatic nitrogens is 1. The third kappa shape index (κ3) is 7.44. The number of anilines is 1. The van der Waals surface area contributed by atoms with Gasteiger partial charge >= 0.3 is 6.18 Å². The van der Waals surface area contributed by atoms with E-state index in [1.165, 1.54) is 37.4 Å². The zero-order chi connectivity index (χ0) is 27.1. The van der Waals surface area contributed by atoms with E-state index in [4.69, 9.17) is 4.74 Å². The summed E-state index contributed by atoms with van der Waals surface area (Å²) in [6, 6.07) is 5.77.